The molecule has 0 bridgehead atoms. The zero-order valence-corrected chi connectivity index (χ0v) is 14.6. The number of carbonyl (C=O) groups is 1. The summed E-state index contributed by atoms with van der Waals surface area (Å²) in [5.74, 6) is 0.418. The van der Waals surface area contributed by atoms with Crippen molar-refractivity contribution in [2.45, 2.75) is 26.8 Å². The molecule has 1 amide bonds. The van der Waals surface area contributed by atoms with Gasteiger partial charge in [0.05, 0.1) is 22.3 Å². The van der Waals surface area contributed by atoms with Crippen LogP contribution in [0.25, 0.3) is 11.4 Å². The predicted molar refractivity (Wildman–Crippen MR) is 94.9 cm³/mol. The second-order valence-corrected chi connectivity index (χ2v) is 6.77. The quantitative estimate of drug-likeness (QED) is 0.787. The number of hydrogen-bond acceptors (Lipinski definition) is 5. The molecule has 1 N–H and O–H groups in total. The summed E-state index contributed by atoms with van der Waals surface area (Å²) in [4.78, 5) is 26.4. The standard InChI is InChI=1S/C18H18N4OS/c1-11-16(24-13(3)21-11)12(2)22-18(23)15-9-19-17(20-10-15)14-7-5-4-6-8-14/h4-10,12H,1-3H3,(H,22,23)/t12-/m0/s1. The van der Waals surface area contributed by atoms with Crippen LogP contribution in [0, 0.1) is 13.8 Å². The van der Waals surface area contributed by atoms with Crippen LogP contribution in [0.4, 0.5) is 0 Å². The van der Waals surface area contributed by atoms with Crippen molar-refractivity contribution in [1.29, 1.82) is 0 Å². The van der Waals surface area contributed by atoms with E-state index in [-0.39, 0.29) is 11.9 Å². The molecule has 1 atom stereocenters. The van der Waals surface area contributed by atoms with Crippen molar-refractivity contribution in [1.82, 2.24) is 20.3 Å². The smallest absolute Gasteiger partial charge is 0.254 e. The molecular weight excluding hydrogens is 320 g/mol. The Bertz CT molecular complexity index is 843. The van der Waals surface area contributed by atoms with E-state index < -0.39 is 0 Å². The van der Waals surface area contributed by atoms with Crippen LogP contribution in [-0.4, -0.2) is 20.9 Å². The normalized spacial score (nSPS) is 12.0. The van der Waals surface area contributed by atoms with Gasteiger partial charge >= 0.3 is 0 Å². The Kier molecular flexibility index (Phi) is 4.66. The lowest BCUT2D eigenvalue weighted by Gasteiger charge is -2.12. The fourth-order valence-electron chi connectivity index (χ4n) is 2.48. The summed E-state index contributed by atoms with van der Waals surface area (Å²) < 4.78 is 0. The van der Waals surface area contributed by atoms with Crippen LogP contribution in [0.15, 0.2) is 42.7 Å². The van der Waals surface area contributed by atoms with Crippen molar-refractivity contribution < 1.29 is 4.79 Å². The predicted octanol–water partition coefficient (Wildman–Crippen LogP) is 3.71. The monoisotopic (exact) mass is 338 g/mol. The molecule has 0 aliphatic heterocycles. The summed E-state index contributed by atoms with van der Waals surface area (Å²) >= 11 is 1.60. The first-order valence-electron chi connectivity index (χ1n) is 7.67. The molecular formula is C18H18N4OS. The van der Waals surface area contributed by atoms with E-state index in [2.05, 4.69) is 20.3 Å². The zero-order chi connectivity index (χ0) is 17.1. The first-order chi connectivity index (χ1) is 11.5. The minimum atomic E-state index is -0.187. The minimum absolute atomic E-state index is 0.0995. The fraction of sp³-hybridized carbons (Fsp3) is 0.222. The highest BCUT2D eigenvalue weighted by Gasteiger charge is 2.17. The second-order valence-electron chi connectivity index (χ2n) is 5.54. The molecule has 0 radical (unpaired) electrons. The largest absolute Gasteiger partial charge is 0.345 e. The van der Waals surface area contributed by atoms with E-state index in [9.17, 15) is 4.79 Å². The number of hydrogen-bond donors (Lipinski definition) is 1. The average Bonchev–Trinajstić information content (AvgIpc) is 2.94. The maximum atomic E-state index is 12.4. The van der Waals surface area contributed by atoms with E-state index >= 15 is 0 Å². The SMILES string of the molecule is Cc1nc(C)c([C@H](C)NC(=O)c2cnc(-c3ccccc3)nc2)s1. The molecule has 2 aromatic heterocycles. The summed E-state index contributed by atoms with van der Waals surface area (Å²) in [6, 6.07) is 9.58. The molecule has 2 heterocycles. The van der Waals surface area contributed by atoms with Gasteiger partial charge in [-0.25, -0.2) is 15.0 Å². The van der Waals surface area contributed by atoms with Crippen molar-refractivity contribution in [3.05, 3.63) is 63.9 Å². The molecule has 1 aromatic carbocycles. The van der Waals surface area contributed by atoms with Gasteiger partial charge in [-0.3, -0.25) is 4.79 Å². The van der Waals surface area contributed by atoms with E-state index in [1.165, 1.54) is 0 Å². The van der Waals surface area contributed by atoms with Gasteiger partial charge in [-0.1, -0.05) is 30.3 Å². The first kappa shape index (κ1) is 16.3. The second kappa shape index (κ2) is 6.88. The van der Waals surface area contributed by atoms with Gasteiger partial charge in [0.15, 0.2) is 5.82 Å². The third kappa shape index (κ3) is 3.49. The number of aryl methyl sites for hydroxylation is 2. The Morgan fingerprint density at radius 3 is 2.38 bits per heavy atom. The van der Waals surface area contributed by atoms with Gasteiger partial charge < -0.3 is 5.32 Å². The number of rotatable bonds is 4. The summed E-state index contributed by atoms with van der Waals surface area (Å²) in [5, 5.41) is 3.98. The number of thiazole rings is 1. The van der Waals surface area contributed by atoms with Crippen molar-refractivity contribution in [3.8, 4) is 11.4 Å². The molecule has 0 aliphatic carbocycles. The van der Waals surface area contributed by atoms with Gasteiger partial charge in [-0.05, 0) is 20.8 Å². The molecule has 24 heavy (non-hydrogen) atoms. The number of benzene rings is 1. The Morgan fingerprint density at radius 1 is 1.12 bits per heavy atom. The van der Waals surface area contributed by atoms with Crippen molar-refractivity contribution >= 4 is 17.2 Å². The van der Waals surface area contributed by atoms with E-state index in [0.717, 1.165) is 21.1 Å². The highest BCUT2D eigenvalue weighted by atomic mass is 32.1. The topological polar surface area (TPSA) is 67.8 Å². The maximum Gasteiger partial charge on any atom is 0.254 e. The Labute approximate surface area is 144 Å². The van der Waals surface area contributed by atoms with Crippen LogP contribution in [-0.2, 0) is 0 Å². The van der Waals surface area contributed by atoms with Crippen LogP contribution in [0.2, 0.25) is 0 Å². The van der Waals surface area contributed by atoms with Gasteiger partial charge in [-0.15, -0.1) is 11.3 Å². The van der Waals surface area contributed by atoms with Crippen LogP contribution in [0.1, 0.15) is 38.9 Å². The van der Waals surface area contributed by atoms with Gasteiger partial charge in [-0.2, -0.15) is 0 Å². The zero-order valence-electron chi connectivity index (χ0n) is 13.8. The summed E-state index contributed by atoms with van der Waals surface area (Å²) in [6.45, 7) is 5.88. The molecule has 0 saturated heterocycles. The molecule has 6 heteroatoms. The molecule has 0 fully saturated rings. The Balaban J connectivity index is 1.72. The van der Waals surface area contributed by atoms with Gasteiger partial charge in [0.25, 0.3) is 5.91 Å². The van der Waals surface area contributed by atoms with Crippen molar-refractivity contribution in [2.75, 3.05) is 0 Å². The Hall–Kier alpha value is -2.60. The molecule has 3 aromatic rings. The van der Waals surface area contributed by atoms with Crippen LogP contribution >= 0.6 is 11.3 Å². The number of nitrogens with zero attached hydrogens (tertiary/aromatic N) is 3. The third-order valence-electron chi connectivity index (χ3n) is 3.63. The molecule has 0 saturated carbocycles. The van der Waals surface area contributed by atoms with E-state index in [0.29, 0.717) is 11.4 Å². The Morgan fingerprint density at radius 2 is 1.79 bits per heavy atom. The lowest BCUT2D eigenvalue weighted by Crippen LogP contribution is -2.26. The molecule has 0 unspecified atom stereocenters. The van der Waals surface area contributed by atoms with Gasteiger partial charge in [0.1, 0.15) is 0 Å². The van der Waals surface area contributed by atoms with E-state index in [1.807, 2.05) is 51.1 Å². The number of nitrogens with one attached hydrogen (secondary N) is 1. The average molecular weight is 338 g/mol. The lowest BCUT2D eigenvalue weighted by molar-refractivity contribution is 0.0939. The third-order valence-corrected chi connectivity index (χ3v) is 4.88. The molecule has 3 rings (SSSR count). The van der Waals surface area contributed by atoms with E-state index in [1.54, 1.807) is 23.7 Å². The molecule has 0 aliphatic rings. The molecule has 5 nitrogen and oxygen atoms in total. The van der Waals surface area contributed by atoms with Crippen molar-refractivity contribution in [2.24, 2.45) is 0 Å². The van der Waals surface area contributed by atoms with Crippen LogP contribution in [0.5, 0.6) is 0 Å². The highest BCUT2D eigenvalue weighted by molar-refractivity contribution is 7.11. The van der Waals surface area contributed by atoms with E-state index in [4.69, 9.17) is 0 Å². The highest BCUT2D eigenvalue weighted by Crippen LogP contribution is 2.24. The van der Waals surface area contributed by atoms with Gasteiger partial charge in [0, 0.05) is 22.8 Å². The number of amides is 1. The summed E-state index contributed by atoms with van der Waals surface area (Å²) in [5.41, 5.74) is 2.33. The summed E-state index contributed by atoms with van der Waals surface area (Å²) in [6.07, 6.45) is 3.12. The van der Waals surface area contributed by atoms with Crippen molar-refractivity contribution in [3.63, 3.8) is 0 Å². The number of carbonyl (C=O) groups excluding carboxylic acids is 1. The summed E-state index contributed by atoms with van der Waals surface area (Å²) in [7, 11) is 0. The minimum Gasteiger partial charge on any atom is -0.345 e. The molecule has 0 spiro atoms. The lowest BCUT2D eigenvalue weighted by atomic mass is 10.2. The molecule has 122 valence electrons. The van der Waals surface area contributed by atoms with Crippen LogP contribution in [0.3, 0.4) is 0 Å². The van der Waals surface area contributed by atoms with Crippen LogP contribution < -0.4 is 5.32 Å². The number of aromatic nitrogens is 3. The maximum absolute atomic E-state index is 12.4. The first-order valence-corrected chi connectivity index (χ1v) is 8.48. The van der Waals surface area contributed by atoms with Gasteiger partial charge in [0.2, 0.25) is 0 Å². The fourth-order valence-corrected chi connectivity index (χ4v) is 3.41.